The average molecular weight is 255 g/mol. The second kappa shape index (κ2) is 6.90. The van der Waals surface area contributed by atoms with E-state index in [1.165, 1.54) is 0 Å². The van der Waals surface area contributed by atoms with Gasteiger partial charge in [0.15, 0.2) is 0 Å². The number of hydrogen-bond acceptors (Lipinski definition) is 4. The van der Waals surface area contributed by atoms with Crippen molar-refractivity contribution < 1.29 is 9.63 Å². The Bertz CT molecular complexity index is 541. The van der Waals surface area contributed by atoms with Gasteiger partial charge >= 0.3 is 6.09 Å². The molecular weight excluding hydrogens is 242 g/mol. The lowest BCUT2D eigenvalue weighted by Gasteiger charge is -2.01. The number of hydrogen-bond donors (Lipinski definition) is 1. The van der Waals surface area contributed by atoms with Gasteiger partial charge in [-0.25, -0.2) is 4.79 Å². The van der Waals surface area contributed by atoms with Crippen LogP contribution in [0.15, 0.2) is 71.1 Å². The summed E-state index contributed by atoms with van der Waals surface area (Å²) in [5.41, 5.74) is 1.61. The molecule has 0 aliphatic heterocycles. The fraction of sp³-hybridized carbons (Fsp3) is 0.0714. The molecule has 0 bridgehead atoms. The molecule has 2 aromatic carbocycles. The van der Waals surface area contributed by atoms with Crippen molar-refractivity contribution in [1.29, 1.82) is 0 Å². The monoisotopic (exact) mass is 255 g/mol. The van der Waals surface area contributed by atoms with E-state index in [0.29, 0.717) is 12.2 Å². The maximum Gasteiger partial charge on any atom is 0.435 e. The molecule has 0 aliphatic rings. The van der Waals surface area contributed by atoms with Crippen LogP contribution in [0.4, 0.5) is 10.5 Å². The van der Waals surface area contributed by atoms with E-state index < -0.39 is 6.09 Å². The van der Waals surface area contributed by atoms with Crippen molar-refractivity contribution in [2.75, 3.05) is 0 Å². The van der Waals surface area contributed by atoms with E-state index in [-0.39, 0.29) is 0 Å². The maximum atomic E-state index is 11.3. The summed E-state index contributed by atoms with van der Waals surface area (Å²) in [6.07, 6.45) is -0.636. The summed E-state index contributed by atoms with van der Waals surface area (Å²) in [7, 11) is 0. The largest absolute Gasteiger partial charge is 0.435 e. The molecule has 0 saturated carbocycles. The molecule has 0 spiro atoms. The number of nitrogens with zero attached hydrogens (tertiary/aromatic N) is 2. The minimum atomic E-state index is -0.636. The van der Waals surface area contributed by atoms with Crippen molar-refractivity contribution in [3.05, 3.63) is 66.2 Å². The lowest BCUT2D eigenvalue weighted by molar-refractivity contribution is 0.141. The van der Waals surface area contributed by atoms with Crippen molar-refractivity contribution in [3.8, 4) is 0 Å². The second-order valence-corrected chi connectivity index (χ2v) is 3.74. The van der Waals surface area contributed by atoms with Gasteiger partial charge in [-0.3, -0.25) is 4.84 Å². The Kier molecular flexibility index (Phi) is 4.64. The molecule has 96 valence electrons. The zero-order valence-corrected chi connectivity index (χ0v) is 10.2. The third-order valence-corrected chi connectivity index (χ3v) is 2.32. The van der Waals surface area contributed by atoms with E-state index in [9.17, 15) is 4.79 Å². The first-order valence-electron chi connectivity index (χ1n) is 5.79. The maximum absolute atomic E-state index is 11.3. The molecule has 2 rings (SSSR count). The summed E-state index contributed by atoms with van der Waals surface area (Å²) in [5, 5.41) is 9.68. The summed E-state index contributed by atoms with van der Waals surface area (Å²) < 4.78 is 0. The normalized spacial score (nSPS) is 10.3. The Labute approximate surface area is 110 Å². The van der Waals surface area contributed by atoms with Crippen LogP contribution in [0.2, 0.25) is 0 Å². The highest BCUT2D eigenvalue weighted by molar-refractivity contribution is 5.66. The van der Waals surface area contributed by atoms with Crippen LogP contribution in [0, 0.1) is 0 Å². The second-order valence-electron chi connectivity index (χ2n) is 3.74. The van der Waals surface area contributed by atoms with Gasteiger partial charge in [-0.1, -0.05) is 48.5 Å². The van der Waals surface area contributed by atoms with Gasteiger partial charge in [-0.05, 0) is 17.7 Å². The van der Waals surface area contributed by atoms with E-state index in [2.05, 4.69) is 20.5 Å². The number of carbonyl (C=O) groups is 1. The van der Waals surface area contributed by atoms with Crippen LogP contribution >= 0.6 is 0 Å². The van der Waals surface area contributed by atoms with Crippen LogP contribution in [-0.2, 0) is 11.4 Å². The zero-order chi connectivity index (χ0) is 13.3. The molecule has 1 N–H and O–H groups in total. The SMILES string of the molecule is O=C(NCc1ccccc1)ON=Nc1ccccc1. The third kappa shape index (κ3) is 4.59. The Morgan fingerprint density at radius 2 is 1.63 bits per heavy atom. The predicted octanol–water partition coefficient (Wildman–Crippen LogP) is 3.61. The van der Waals surface area contributed by atoms with E-state index in [1.807, 2.05) is 48.5 Å². The summed E-state index contributed by atoms with van der Waals surface area (Å²) >= 11 is 0. The molecular formula is C14H13N3O2. The fourth-order valence-corrected chi connectivity index (χ4v) is 1.40. The molecule has 0 atom stereocenters. The highest BCUT2D eigenvalue weighted by atomic mass is 16.7. The molecule has 0 aromatic heterocycles. The Balaban J connectivity index is 1.75. The van der Waals surface area contributed by atoms with Crippen LogP contribution in [-0.4, -0.2) is 6.09 Å². The fourth-order valence-electron chi connectivity index (χ4n) is 1.40. The average Bonchev–Trinajstić information content (AvgIpc) is 2.47. The van der Waals surface area contributed by atoms with E-state index in [0.717, 1.165) is 5.56 Å². The van der Waals surface area contributed by atoms with Crippen LogP contribution < -0.4 is 5.32 Å². The van der Waals surface area contributed by atoms with Gasteiger partial charge in [0, 0.05) is 11.8 Å². The van der Waals surface area contributed by atoms with Crippen molar-refractivity contribution in [2.24, 2.45) is 10.4 Å². The van der Waals surface area contributed by atoms with Gasteiger partial charge in [0.05, 0.1) is 5.69 Å². The lowest BCUT2D eigenvalue weighted by atomic mass is 10.2. The molecule has 1 amide bonds. The minimum Gasteiger partial charge on any atom is -0.315 e. The van der Waals surface area contributed by atoms with E-state index in [4.69, 9.17) is 0 Å². The quantitative estimate of drug-likeness (QED) is 0.670. The van der Waals surface area contributed by atoms with Crippen LogP contribution in [0.25, 0.3) is 0 Å². The van der Waals surface area contributed by atoms with Gasteiger partial charge in [-0.15, -0.1) is 5.11 Å². The third-order valence-electron chi connectivity index (χ3n) is 2.32. The Morgan fingerprint density at radius 3 is 2.32 bits per heavy atom. The predicted molar refractivity (Wildman–Crippen MR) is 70.7 cm³/mol. The molecule has 5 nitrogen and oxygen atoms in total. The van der Waals surface area contributed by atoms with E-state index >= 15 is 0 Å². The number of amides is 1. The highest BCUT2D eigenvalue weighted by Gasteiger charge is 2.00. The Morgan fingerprint density at radius 1 is 1.00 bits per heavy atom. The minimum absolute atomic E-state index is 0.389. The Hall–Kier alpha value is -2.69. The van der Waals surface area contributed by atoms with Crippen molar-refractivity contribution in [1.82, 2.24) is 5.32 Å². The molecule has 5 heteroatoms. The van der Waals surface area contributed by atoms with Gasteiger partial charge in [0.25, 0.3) is 0 Å². The number of rotatable bonds is 4. The van der Waals surface area contributed by atoms with Gasteiger partial charge < -0.3 is 5.32 Å². The number of carbonyl (C=O) groups excluding carboxylic acids is 1. The summed E-state index contributed by atoms with van der Waals surface area (Å²) in [6, 6.07) is 18.6. The molecule has 2 aromatic rings. The summed E-state index contributed by atoms with van der Waals surface area (Å²) in [5.74, 6) is 0. The zero-order valence-electron chi connectivity index (χ0n) is 10.2. The molecule has 0 saturated heterocycles. The molecule has 0 fully saturated rings. The van der Waals surface area contributed by atoms with Gasteiger partial charge in [0.1, 0.15) is 0 Å². The van der Waals surface area contributed by atoms with Gasteiger partial charge in [0.2, 0.25) is 0 Å². The van der Waals surface area contributed by atoms with Crippen molar-refractivity contribution in [2.45, 2.75) is 6.54 Å². The standard InChI is InChI=1S/C14H13N3O2/c18-14(15-11-12-7-3-1-4-8-12)19-17-16-13-9-5-2-6-10-13/h1-10H,11H2,(H,15,18). The molecule has 0 heterocycles. The number of benzene rings is 2. The highest BCUT2D eigenvalue weighted by Crippen LogP contribution is 2.09. The van der Waals surface area contributed by atoms with Crippen molar-refractivity contribution in [3.63, 3.8) is 0 Å². The number of nitrogens with one attached hydrogen (secondary N) is 1. The first kappa shape index (κ1) is 12.8. The first-order chi connectivity index (χ1) is 9.34. The summed E-state index contributed by atoms with van der Waals surface area (Å²) in [6.45, 7) is 0.389. The molecule has 0 radical (unpaired) electrons. The summed E-state index contributed by atoms with van der Waals surface area (Å²) in [4.78, 5) is 15.9. The lowest BCUT2D eigenvalue weighted by Crippen LogP contribution is -2.21. The molecule has 0 unspecified atom stereocenters. The first-order valence-corrected chi connectivity index (χ1v) is 5.79. The smallest absolute Gasteiger partial charge is 0.315 e. The van der Waals surface area contributed by atoms with Crippen LogP contribution in [0.3, 0.4) is 0 Å². The van der Waals surface area contributed by atoms with E-state index in [1.54, 1.807) is 12.1 Å². The van der Waals surface area contributed by atoms with Crippen LogP contribution in [0.5, 0.6) is 0 Å². The topological polar surface area (TPSA) is 63.0 Å². The molecule has 19 heavy (non-hydrogen) atoms. The molecule has 0 aliphatic carbocycles. The van der Waals surface area contributed by atoms with Crippen LogP contribution in [0.1, 0.15) is 5.56 Å². The van der Waals surface area contributed by atoms with Crippen molar-refractivity contribution >= 4 is 11.8 Å². The van der Waals surface area contributed by atoms with Gasteiger partial charge in [-0.2, -0.15) is 0 Å².